The Hall–Kier alpha value is -2.89. The zero-order valence-electron chi connectivity index (χ0n) is 40.2. The molecule has 0 saturated carbocycles. The maximum Gasteiger partial charge on any atom is 0.306 e. The van der Waals surface area contributed by atoms with Crippen molar-refractivity contribution in [3.63, 3.8) is 0 Å². The molecule has 0 aliphatic rings. The van der Waals surface area contributed by atoms with Crippen LogP contribution in [0, 0.1) is 0 Å². The van der Waals surface area contributed by atoms with Gasteiger partial charge < -0.3 is 14.2 Å². The quantitative estimate of drug-likeness (QED) is 0.0263. The van der Waals surface area contributed by atoms with E-state index in [0.29, 0.717) is 19.3 Å². The monoisotopic (exact) mass is 853 g/mol. The molecule has 0 radical (unpaired) electrons. The lowest BCUT2D eigenvalue weighted by Crippen LogP contribution is -2.30. The molecule has 0 rings (SSSR count). The zero-order chi connectivity index (χ0) is 44.4. The Balaban J connectivity index is 4.42. The van der Waals surface area contributed by atoms with Crippen LogP contribution in [-0.4, -0.2) is 37.2 Å². The minimum atomic E-state index is -0.796. The van der Waals surface area contributed by atoms with Crippen LogP contribution in [0.25, 0.3) is 0 Å². The van der Waals surface area contributed by atoms with E-state index in [1.807, 2.05) is 0 Å². The fourth-order valence-electron chi connectivity index (χ4n) is 7.13. The van der Waals surface area contributed by atoms with Gasteiger partial charge in [0, 0.05) is 19.3 Å². The first-order valence-electron chi connectivity index (χ1n) is 25.8. The van der Waals surface area contributed by atoms with Gasteiger partial charge in [0.1, 0.15) is 13.2 Å². The van der Waals surface area contributed by atoms with Gasteiger partial charge in [-0.2, -0.15) is 0 Å². The van der Waals surface area contributed by atoms with Crippen molar-refractivity contribution in [3.05, 3.63) is 60.8 Å². The van der Waals surface area contributed by atoms with E-state index in [-0.39, 0.29) is 37.5 Å². The molecule has 0 saturated heterocycles. The number of ether oxygens (including phenoxy) is 3. The van der Waals surface area contributed by atoms with Crippen molar-refractivity contribution in [2.24, 2.45) is 0 Å². The summed E-state index contributed by atoms with van der Waals surface area (Å²) in [5.41, 5.74) is 0. The van der Waals surface area contributed by atoms with Gasteiger partial charge in [0.2, 0.25) is 0 Å². The van der Waals surface area contributed by atoms with Crippen LogP contribution in [0.2, 0.25) is 0 Å². The van der Waals surface area contributed by atoms with E-state index in [1.165, 1.54) is 122 Å². The van der Waals surface area contributed by atoms with Gasteiger partial charge in [-0.1, -0.05) is 210 Å². The summed E-state index contributed by atoms with van der Waals surface area (Å²) in [5.74, 6) is -0.938. The molecule has 61 heavy (non-hydrogen) atoms. The summed E-state index contributed by atoms with van der Waals surface area (Å²) < 4.78 is 16.7. The highest BCUT2D eigenvalue weighted by Crippen LogP contribution is 2.15. The summed E-state index contributed by atoms with van der Waals surface area (Å²) in [6.07, 6.45) is 60.6. The molecule has 0 aliphatic heterocycles. The third kappa shape index (κ3) is 48.0. The molecular formula is C55H96O6. The van der Waals surface area contributed by atoms with Crippen molar-refractivity contribution < 1.29 is 28.6 Å². The molecule has 0 aromatic carbocycles. The minimum Gasteiger partial charge on any atom is -0.462 e. The third-order valence-electron chi connectivity index (χ3n) is 11.0. The SMILES string of the molecule is CC/C=C\C/C=C\C/C=C\C/C=C\CCCCC(=O)OC(COC(=O)CCCCCCC/C=C\CCCCC)COC(=O)CCCCCCCCCCCCCCCCCC. The molecule has 0 fully saturated rings. The van der Waals surface area contributed by atoms with Gasteiger partial charge in [-0.05, 0) is 83.5 Å². The molecule has 0 aromatic rings. The number of allylic oxidation sites excluding steroid dienone is 10. The summed E-state index contributed by atoms with van der Waals surface area (Å²) >= 11 is 0. The summed E-state index contributed by atoms with van der Waals surface area (Å²) in [6, 6.07) is 0. The Morgan fingerprint density at radius 1 is 0.344 bits per heavy atom. The van der Waals surface area contributed by atoms with Crippen LogP contribution in [0.3, 0.4) is 0 Å². The maximum atomic E-state index is 12.8. The van der Waals surface area contributed by atoms with Crippen molar-refractivity contribution >= 4 is 17.9 Å². The van der Waals surface area contributed by atoms with Crippen molar-refractivity contribution in [2.75, 3.05) is 13.2 Å². The van der Waals surface area contributed by atoms with E-state index >= 15 is 0 Å². The Morgan fingerprint density at radius 2 is 0.639 bits per heavy atom. The average molecular weight is 853 g/mol. The van der Waals surface area contributed by atoms with E-state index in [4.69, 9.17) is 14.2 Å². The highest BCUT2D eigenvalue weighted by atomic mass is 16.6. The van der Waals surface area contributed by atoms with E-state index < -0.39 is 6.10 Å². The van der Waals surface area contributed by atoms with Crippen LogP contribution in [-0.2, 0) is 28.6 Å². The lowest BCUT2D eigenvalue weighted by atomic mass is 10.0. The molecule has 0 aliphatic carbocycles. The van der Waals surface area contributed by atoms with Gasteiger partial charge in [-0.15, -0.1) is 0 Å². The first-order chi connectivity index (χ1) is 30.0. The van der Waals surface area contributed by atoms with Gasteiger partial charge in [0.05, 0.1) is 0 Å². The van der Waals surface area contributed by atoms with Crippen LogP contribution in [0.5, 0.6) is 0 Å². The Labute approximate surface area is 377 Å². The minimum absolute atomic E-state index is 0.0916. The second kappa shape index (κ2) is 49.8. The molecule has 6 nitrogen and oxygen atoms in total. The summed E-state index contributed by atoms with van der Waals surface area (Å²) in [4.78, 5) is 37.9. The summed E-state index contributed by atoms with van der Waals surface area (Å²) in [5, 5.41) is 0. The number of hydrogen-bond donors (Lipinski definition) is 0. The number of rotatable bonds is 46. The van der Waals surface area contributed by atoms with Gasteiger partial charge in [0.15, 0.2) is 6.10 Å². The standard InChI is InChI=1S/C55H96O6/c1-4-7-10-13-16-19-22-25-27-29-30-33-36-39-42-45-48-54(57)60-51-52(50-59-53(56)47-44-41-38-35-32-24-21-18-15-12-9-6-3)61-55(58)49-46-43-40-37-34-31-28-26-23-20-17-14-11-8-5-2/h8,11,17-18,20-21,26,28,34,37,52H,4-7,9-10,12-16,19,22-25,27,29-33,35-36,38-51H2,1-3H3/b11-8-,20-17-,21-18-,28-26-,37-34-. The number of unbranched alkanes of at least 4 members (excludes halogenated alkanes) is 25. The van der Waals surface area contributed by atoms with Crippen molar-refractivity contribution in [1.82, 2.24) is 0 Å². The predicted octanol–water partition coefficient (Wildman–Crippen LogP) is 16.9. The first-order valence-corrected chi connectivity index (χ1v) is 25.8. The second-order valence-corrected chi connectivity index (χ2v) is 17.1. The summed E-state index contributed by atoms with van der Waals surface area (Å²) in [7, 11) is 0. The molecule has 0 amide bonds. The number of hydrogen-bond acceptors (Lipinski definition) is 6. The van der Waals surface area contributed by atoms with Crippen LogP contribution in [0.15, 0.2) is 60.8 Å². The molecule has 352 valence electrons. The van der Waals surface area contributed by atoms with Crippen LogP contribution < -0.4 is 0 Å². The molecule has 1 unspecified atom stereocenters. The third-order valence-corrected chi connectivity index (χ3v) is 11.0. The second-order valence-electron chi connectivity index (χ2n) is 17.1. The van der Waals surface area contributed by atoms with Gasteiger partial charge in [-0.3, -0.25) is 14.4 Å². The average Bonchev–Trinajstić information content (AvgIpc) is 3.26. The molecular weight excluding hydrogens is 757 g/mol. The Bertz CT molecular complexity index is 1120. The maximum absolute atomic E-state index is 12.8. The van der Waals surface area contributed by atoms with E-state index in [2.05, 4.69) is 81.5 Å². The molecule has 0 heterocycles. The predicted molar refractivity (Wildman–Crippen MR) is 261 cm³/mol. The largest absolute Gasteiger partial charge is 0.462 e. The molecule has 1 atom stereocenters. The van der Waals surface area contributed by atoms with Crippen molar-refractivity contribution in [3.8, 4) is 0 Å². The van der Waals surface area contributed by atoms with Crippen LogP contribution in [0.1, 0.15) is 252 Å². The van der Waals surface area contributed by atoms with E-state index in [9.17, 15) is 14.4 Å². The molecule has 6 heteroatoms. The highest BCUT2D eigenvalue weighted by Gasteiger charge is 2.19. The molecule has 0 spiro atoms. The van der Waals surface area contributed by atoms with E-state index in [0.717, 1.165) is 83.5 Å². The Morgan fingerprint density at radius 3 is 1.08 bits per heavy atom. The fraction of sp³-hybridized carbons (Fsp3) is 0.764. The van der Waals surface area contributed by atoms with E-state index in [1.54, 1.807) is 0 Å². The van der Waals surface area contributed by atoms with Crippen molar-refractivity contribution in [2.45, 2.75) is 258 Å². The number of carbonyl (C=O) groups is 3. The van der Waals surface area contributed by atoms with Gasteiger partial charge in [0.25, 0.3) is 0 Å². The van der Waals surface area contributed by atoms with Gasteiger partial charge in [-0.25, -0.2) is 0 Å². The highest BCUT2D eigenvalue weighted by molar-refractivity contribution is 5.71. The number of carbonyl (C=O) groups excluding carboxylic acids is 3. The number of esters is 3. The Kier molecular flexibility index (Phi) is 47.4. The van der Waals surface area contributed by atoms with Crippen LogP contribution in [0.4, 0.5) is 0 Å². The lowest BCUT2D eigenvalue weighted by Gasteiger charge is -2.18. The van der Waals surface area contributed by atoms with Gasteiger partial charge >= 0.3 is 17.9 Å². The topological polar surface area (TPSA) is 78.9 Å². The molecule has 0 N–H and O–H groups in total. The molecule has 0 bridgehead atoms. The van der Waals surface area contributed by atoms with Crippen molar-refractivity contribution in [1.29, 1.82) is 0 Å². The lowest BCUT2D eigenvalue weighted by molar-refractivity contribution is -0.167. The smallest absolute Gasteiger partial charge is 0.306 e. The first kappa shape index (κ1) is 58.1. The molecule has 0 aromatic heterocycles. The fourth-order valence-corrected chi connectivity index (χ4v) is 7.13. The summed E-state index contributed by atoms with van der Waals surface area (Å²) in [6.45, 7) is 6.47. The normalized spacial score (nSPS) is 12.5. The van der Waals surface area contributed by atoms with Crippen LogP contribution >= 0.6 is 0 Å². The zero-order valence-corrected chi connectivity index (χ0v) is 40.2.